The second kappa shape index (κ2) is 2.91. The molecule has 2 unspecified atom stereocenters. The second-order valence-electron chi connectivity index (χ2n) is 3.00. The van der Waals surface area contributed by atoms with Crippen molar-refractivity contribution in [3.05, 3.63) is 0 Å². The first-order chi connectivity index (χ1) is 5.76. The van der Waals surface area contributed by atoms with E-state index in [9.17, 15) is 21.6 Å². The van der Waals surface area contributed by atoms with Crippen molar-refractivity contribution < 1.29 is 21.6 Å². The van der Waals surface area contributed by atoms with E-state index >= 15 is 0 Å². The standard InChI is InChI=1S/C7H7F3O2S/c1-2-5-3-13(11,12)4-6(5)7(8,9)10/h1,5-6H,3-4H2. The highest BCUT2D eigenvalue weighted by molar-refractivity contribution is 7.91. The van der Waals surface area contributed by atoms with Gasteiger partial charge in [-0.25, -0.2) is 8.42 Å². The summed E-state index contributed by atoms with van der Waals surface area (Å²) in [5.74, 6) is -2.64. The van der Waals surface area contributed by atoms with Gasteiger partial charge < -0.3 is 0 Å². The fourth-order valence-corrected chi connectivity index (χ4v) is 3.31. The Morgan fingerprint density at radius 3 is 2.15 bits per heavy atom. The molecule has 1 aliphatic heterocycles. The number of terminal acetylenes is 1. The minimum absolute atomic E-state index is 0.548. The minimum Gasteiger partial charge on any atom is -0.229 e. The summed E-state index contributed by atoms with van der Waals surface area (Å²) in [7, 11) is -3.60. The van der Waals surface area contributed by atoms with Crippen LogP contribution in [-0.2, 0) is 9.84 Å². The Kier molecular flexibility index (Phi) is 2.32. The highest BCUT2D eigenvalue weighted by Gasteiger charge is 2.51. The van der Waals surface area contributed by atoms with Gasteiger partial charge in [0.1, 0.15) is 0 Å². The van der Waals surface area contributed by atoms with Crippen molar-refractivity contribution in [3.8, 4) is 12.3 Å². The summed E-state index contributed by atoms with van der Waals surface area (Å²) in [4.78, 5) is 0. The smallest absolute Gasteiger partial charge is 0.229 e. The minimum atomic E-state index is -4.51. The molecule has 2 atom stereocenters. The lowest BCUT2D eigenvalue weighted by molar-refractivity contribution is -0.173. The fraction of sp³-hybridized carbons (Fsp3) is 0.714. The first kappa shape index (κ1) is 10.4. The third kappa shape index (κ3) is 2.15. The zero-order chi connectivity index (χ0) is 10.3. The molecule has 0 aromatic rings. The van der Waals surface area contributed by atoms with Crippen LogP contribution in [-0.4, -0.2) is 26.1 Å². The molecular weight excluding hydrogens is 205 g/mol. The molecule has 0 spiro atoms. The van der Waals surface area contributed by atoms with Crippen molar-refractivity contribution in [2.45, 2.75) is 6.18 Å². The predicted molar refractivity (Wildman–Crippen MR) is 40.5 cm³/mol. The zero-order valence-corrected chi connectivity index (χ0v) is 7.32. The van der Waals surface area contributed by atoms with Crippen LogP contribution in [0.2, 0.25) is 0 Å². The molecule has 13 heavy (non-hydrogen) atoms. The topological polar surface area (TPSA) is 34.1 Å². The molecule has 2 nitrogen and oxygen atoms in total. The van der Waals surface area contributed by atoms with Crippen LogP contribution >= 0.6 is 0 Å². The number of rotatable bonds is 0. The van der Waals surface area contributed by atoms with Crippen LogP contribution in [0.1, 0.15) is 0 Å². The first-order valence-electron chi connectivity index (χ1n) is 3.49. The van der Waals surface area contributed by atoms with Crippen LogP contribution < -0.4 is 0 Å². The average molecular weight is 212 g/mol. The van der Waals surface area contributed by atoms with Crippen LogP contribution in [0, 0.1) is 24.2 Å². The van der Waals surface area contributed by atoms with Gasteiger partial charge in [0.15, 0.2) is 9.84 Å². The maximum Gasteiger partial charge on any atom is 0.394 e. The van der Waals surface area contributed by atoms with Crippen molar-refractivity contribution in [1.29, 1.82) is 0 Å². The highest BCUT2D eigenvalue weighted by atomic mass is 32.2. The van der Waals surface area contributed by atoms with Crippen molar-refractivity contribution in [2.75, 3.05) is 11.5 Å². The van der Waals surface area contributed by atoms with Crippen molar-refractivity contribution in [2.24, 2.45) is 11.8 Å². The van der Waals surface area contributed by atoms with Gasteiger partial charge in [-0.3, -0.25) is 0 Å². The normalized spacial score (nSPS) is 32.8. The molecule has 0 amide bonds. The van der Waals surface area contributed by atoms with Gasteiger partial charge in [-0.15, -0.1) is 12.3 Å². The third-order valence-electron chi connectivity index (χ3n) is 1.99. The number of hydrogen-bond acceptors (Lipinski definition) is 2. The van der Waals surface area contributed by atoms with Gasteiger partial charge in [0.05, 0.1) is 17.4 Å². The van der Waals surface area contributed by atoms with Crippen LogP contribution in [0.25, 0.3) is 0 Å². The van der Waals surface area contributed by atoms with E-state index in [1.807, 2.05) is 5.92 Å². The molecule has 1 saturated heterocycles. The van der Waals surface area contributed by atoms with E-state index in [-0.39, 0.29) is 0 Å². The average Bonchev–Trinajstić information content (AvgIpc) is 2.24. The third-order valence-corrected chi connectivity index (χ3v) is 3.72. The molecule has 0 N–H and O–H groups in total. The molecule has 6 heteroatoms. The van der Waals surface area contributed by atoms with Gasteiger partial charge in [-0.1, -0.05) is 0 Å². The Hall–Kier alpha value is -0.700. The molecule has 0 aromatic heterocycles. The maximum absolute atomic E-state index is 12.2. The maximum atomic E-state index is 12.2. The lowest BCUT2D eigenvalue weighted by Crippen LogP contribution is -2.28. The molecule has 0 bridgehead atoms. The van der Waals surface area contributed by atoms with E-state index in [1.165, 1.54) is 0 Å². The monoisotopic (exact) mass is 212 g/mol. The summed E-state index contributed by atoms with van der Waals surface area (Å²) in [6.45, 7) is 0. The van der Waals surface area contributed by atoms with Gasteiger partial charge in [0.25, 0.3) is 0 Å². The summed E-state index contributed by atoms with van der Waals surface area (Å²) in [5, 5.41) is 0. The second-order valence-corrected chi connectivity index (χ2v) is 5.15. The molecule has 74 valence electrons. The summed E-state index contributed by atoms with van der Waals surface area (Å²) in [6.07, 6.45) is 0.314. The van der Waals surface area contributed by atoms with E-state index in [4.69, 9.17) is 6.42 Å². The molecule has 1 fully saturated rings. The molecule has 1 heterocycles. The summed E-state index contributed by atoms with van der Waals surface area (Å²) in [5.41, 5.74) is 0. The van der Waals surface area contributed by atoms with E-state index in [0.717, 1.165) is 0 Å². The SMILES string of the molecule is C#CC1CS(=O)(=O)CC1C(F)(F)F. The molecule has 1 aliphatic rings. The van der Waals surface area contributed by atoms with Crippen LogP contribution in [0.5, 0.6) is 0 Å². The Balaban J connectivity index is 2.96. The Labute approximate surface area is 74.0 Å². The molecule has 0 aromatic carbocycles. The Bertz CT molecular complexity index is 336. The van der Waals surface area contributed by atoms with Gasteiger partial charge in [-0.2, -0.15) is 13.2 Å². The molecular formula is C7H7F3O2S. The Morgan fingerprint density at radius 2 is 1.85 bits per heavy atom. The largest absolute Gasteiger partial charge is 0.394 e. The van der Waals surface area contributed by atoms with E-state index in [2.05, 4.69) is 0 Å². The van der Waals surface area contributed by atoms with Crippen LogP contribution in [0.15, 0.2) is 0 Å². The van der Waals surface area contributed by atoms with E-state index < -0.39 is 39.4 Å². The number of alkyl halides is 3. The summed E-state index contributed by atoms with van der Waals surface area (Å²) >= 11 is 0. The first-order valence-corrected chi connectivity index (χ1v) is 5.31. The lowest BCUT2D eigenvalue weighted by atomic mass is 9.97. The highest BCUT2D eigenvalue weighted by Crippen LogP contribution is 2.38. The molecule has 0 saturated carbocycles. The summed E-state index contributed by atoms with van der Waals surface area (Å²) < 4.78 is 58.3. The predicted octanol–water partition coefficient (Wildman–Crippen LogP) is 0.843. The summed E-state index contributed by atoms with van der Waals surface area (Å²) in [6, 6.07) is 0. The fourth-order valence-electron chi connectivity index (χ4n) is 1.33. The van der Waals surface area contributed by atoms with Crippen molar-refractivity contribution in [1.82, 2.24) is 0 Å². The van der Waals surface area contributed by atoms with Gasteiger partial charge in [0.2, 0.25) is 0 Å². The zero-order valence-electron chi connectivity index (χ0n) is 6.50. The number of halogens is 3. The van der Waals surface area contributed by atoms with Gasteiger partial charge >= 0.3 is 6.18 Å². The van der Waals surface area contributed by atoms with Gasteiger partial charge in [0, 0.05) is 5.92 Å². The number of hydrogen-bond donors (Lipinski definition) is 0. The van der Waals surface area contributed by atoms with Crippen molar-refractivity contribution >= 4 is 9.84 Å². The van der Waals surface area contributed by atoms with E-state index in [1.54, 1.807) is 0 Å². The quantitative estimate of drug-likeness (QED) is 0.558. The molecule has 0 radical (unpaired) electrons. The number of sulfone groups is 1. The lowest BCUT2D eigenvalue weighted by Gasteiger charge is -2.15. The van der Waals surface area contributed by atoms with E-state index in [0.29, 0.717) is 0 Å². The molecule has 1 rings (SSSR count). The molecule has 0 aliphatic carbocycles. The van der Waals surface area contributed by atoms with Crippen LogP contribution in [0.4, 0.5) is 13.2 Å². The van der Waals surface area contributed by atoms with Crippen LogP contribution in [0.3, 0.4) is 0 Å². The van der Waals surface area contributed by atoms with Gasteiger partial charge in [-0.05, 0) is 0 Å². The Morgan fingerprint density at radius 1 is 1.31 bits per heavy atom. The van der Waals surface area contributed by atoms with Crippen molar-refractivity contribution in [3.63, 3.8) is 0 Å².